The van der Waals surface area contributed by atoms with Gasteiger partial charge in [0.25, 0.3) is 5.91 Å². The molecule has 0 saturated carbocycles. The highest BCUT2D eigenvalue weighted by atomic mass is 16.2. The molecule has 1 aromatic carbocycles. The second-order valence-electron chi connectivity index (χ2n) is 5.70. The predicted octanol–water partition coefficient (Wildman–Crippen LogP) is 2.76. The quantitative estimate of drug-likeness (QED) is 0.751. The van der Waals surface area contributed by atoms with Crippen LogP contribution in [-0.2, 0) is 0 Å². The molecule has 18 heavy (non-hydrogen) atoms. The minimum absolute atomic E-state index is 0.0722. The fourth-order valence-electron chi connectivity index (χ4n) is 2.20. The van der Waals surface area contributed by atoms with Crippen LogP contribution in [0.4, 0.5) is 0 Å². The number of benzene rings is 1. The lowest BCUT2D eigenvalue weighted by Crippen LogP contribution is -2.41. The maximum atomic E-state index is 12.2. The van der Waals surface area contributed by atoms with Crippen LogP contribution in [0, 0.1) is 5.41 Å². The van der Waals surface area contributed by atoms with Crippen LogP contribution >= 0.6 is 0 Å². The van der Waals surface area contributed by atoms with Crippen molar-refractivity contribution in [1.82, 2.24) is 4.90 Å². The Balaban J connectivity index is 2.05. The van der Waals surface area contributed by atoms with E-state index in [9.17, 15) is 9.59 Å². The van der Waals surface area contributed by atoms with Gasteiger partial charge in [-0.2, -0.15) is 0 Å². The first-order valence-electron chi connectivity index (χ1n) is 6.36. The molecule has 1 heterocycles. The first-order chi connectivity index (χ1) is 8.52. The van der Waals surface area contributed by atoms with E-state index >= 15 is 0 Å². The number of likely N-dealkylation sites (tertiary alicyclic amines) is 1. The molecule has 96 valence electrons. The molecule has 3 heteroatoms. The smallest absolute Gasteiger partial charge is 0.253 e. The van der Waals surface area contributed by atoms with Gasteiger partial charge in [-0.1, -0.05) is 26.0 Å². The van der Waals surface area contributed by atoms with Crippen LogP contribution in [-0.4, -0.2) is 30.2 Å². The SMILES string of the molecule is CC1(C)CCN(C(=O)c2ccc(C=O)cc2)CC1. The minimum Gasteiger partial charge on any atom is -0.339 e. The van der Waals surface area contributed by atoms with Gasteiger partial charge in [-0.05, 0) is 30.4 Å². The molecule has 1 aliphatic rings. The van der Waals surface area contributed by atoms with Gasteiger partial charge in [-0.3, -0.25) is 9.59 Å². The Labute approximate surface area is 108 Å². The van der Waals surface area contributed by atoms with Crippen LogP contribution < -0.4 is 0 Å². The summed E-state index contributed by atoms with van der Waals surface area (Å²) in [5.74, 6) is 0.0722. The Morgan fingerprint density at radius 2 is 1.72 bits per heavy atom. The molecule has 2 rings (SSSR count). The van der Waals surface area contributed by atoms with Crippen molar-refractivity contribution in [2.24, 2.45) is 5.41 Å². The van der Waals surface area contributed by atoms with Crippen LogP contribution in [0.15, 0.2) is 24.3 Å². The summed E-state index contributed by atoms with van der Waals surface area (Å²) >= 11 is 0. The summed E-state index contributed by atoms with van der Waals surface area (Å²) in [7, 11) is 0. The summed E-state index contributed by atoms with van der Waals surface area (Å²) in [6.07, 6.45) is 2.88. The van der Waals surface area contributed by atoms with E-state index in [1.807, 2.05) is 4.90 Å². The normalized spacial score (nSPS) is 18.4. The molecule has 0 aromatic heterocycles. The molecule has 0 aliphatic carbocycles. The van der Waals surface area contributed by atoms with Gasteiger partial charge < -0.3 is 4.90 Å². The second-order valence-corrected chi connectivity index (χ2v) is 5.70. The van der Waals surface area contributed by atoms with Crippen molar-refractivity contribution in [3.05, 3.63) is 35.4 Å². The topological polar surface area (TPSA) is 37.4 Å². The highest BCUT2D eigenvalue weighted by molar-refractivity contribution is 5.94. The number of piperidine rings is 1. The lowest BCUT2D eigenvalue weighted by Gasteiger charge is -2.36. The maximum absolute atomic E-state index is 12.2. The fourth-order valence-corrected chi connectivity index (χ4v) is 2.20. The number of nitrogens with zero attached hydrogens (tertiary/aromatic N) is 1. The average molecular weight is 245 g/mol. The number of rotatable bonds is 2. The molecular weight excluding hydrogens is 226 g/mol. The highest BCUT2D eigenvalue weighted by Crippen LogP contribution is 2.30. The summed E-state index contributed by atoms with van der Waals surface area (Å²) in [6, 6.07) is 6.83. The summed E-state index contributed by atoms with van der Waals surface area (Å²) in [5.41, 5.74) is 1.62. The number of carbonyl (C=O) groups excluding carboxylic acids is 2. The zero-order chi connectivity index (χ0) is 13.2. The van der Waals surface area contributed by atoms with Crippen molar-refractivity contribution >= 4 is 12.2 Å². The van der Waals surface area contributed by atoms with Gasteiger partial charge in [0.2, 0.25) is 0 Å². The van der Waals surface area contributed by atoms with Gasteiger partial charge in [0, 0.05) is 24.2 Å². The zero-order valence-electron chi connectivity index (χ0n) is 11.0. The summed E-state index contributed by atoms with van der Waals surface area (Å²) in [4.78, 5) is 24.7. The van der Waals surface area contributed by atoms with Crippen molar-refractivity contribution in [3.63, 3.8) is 0 Å². The largest absolute Gasteiger partial charge is 0.339 e. The molecular formula is C15H19NO2. The van der Waals surface area contributed by atoms with E-state index in [0.29, 0.717) is 16.5 Å². The van der Waals surface area contributed by atoms with E-state index < -0.39 is 0 Å². The van der Waals surface area contributed by atoms with Crippen LogP contribution in [0.2, 0.25) is 0 Å². The molecule has 0 N–H and O–H groups in total. The van der Waals surface area contributed by atoms with Crippen LogP contribution in [0.25, 0.3) is 0 Å². The van der Waals surface area contributed by atoms with Gasteiger partial charge >= 0.3 is 0 Å². The molecule has 0 atom stereocenters. The van der Waals surface area contributed by atoms with E-state index in [-0.39, 0.29) is 5.91 Å². The maximum Gasteiger partial charge on any atom is 0.253 e. The van der Waals surface area contributed by atoms with Crippen LogP contribution in [0.1, 0.15) is 47.4 Å². The molecule has 1 aromatic rings. The summed E-state index contributed by atoms with van der Waals surface area (Å²) in [6.45, 7) is 6.13. The van der Waals surface area contributed by atoms with Gasteiger partial charge in [0.1, 0.15) is 6.29 Å². The fraction of sp³-hybridized carbons (Fsp3) is 0.467. The Morgan fingerprint density at radius 1 is 1.17 bits per heavy atom. The van der Waals surface area contributed by atoms with E-state index in [4.69, 9.17) is 0 Å². The van der Waals surface area contributed by atoms with Gasteiger partial charge in [0.05, 0.1) is 0 Å². The Kier molecular flexibility index (Phi) is 3.50. The van der Waals surface area contributed by atoms with Crippen molar-refractivity contribution in [2.75, 3.05) is 13.1 Å². The monoisotopic (exact) mass is 245 g/mol. The molecule has 0 bridgehead atoms. The average Bonchev–Trinajstić information content (AvgIpc) is 2.38. The van der Waals surface area contributed by atoms with Crippen LogP contribution in [0.5, 0.6) is 0 Å². The van der Waals surface area contributed by atoms with E-state index in [0.717, 1.165) is 32.2 Å². The highest BCUT2D eigenvalue weighted by Gasteiger charge is 2.28. The summed E-state index contributed by atoms with van der Waals surface area (Å²) in [5, 5.41) is 0. The standard InChI is InChI=1S/C15H19NO2/c1-15(2)7-9-16(10-8-15)14(18)13-5-3-12(11-17)4-6-13/h3-6,11H,7-10H2,1-2H3. The van der Waals surface area contributed by atoms with E-state index in [1.165, 1.54) is 0 Å². The van der Waals surface area contributed by atoms with Crippen molar-refractivity contribution < 1.29 is 9.59 Å². The lowest BCUT2D eigenvalue weighted by molar-refractivity contribution is 0.0630. The Bertz CT molecular complexity index is 438. The number of amides is 1. The molecule has 1 fully saturated rings. The first kappa shape index (κ1) is 12.8. The van der Waals surface area contributed by atoms with Gasteiger partial charge in [0.15, 0.2) is 0 Å². The molecule has 0 spiro atoms. The number of hydrogen-bond acceptors (Lipinski definition) is 2. The van der Waals surface area contributed by atoms with Gasteiger partial charge in [-0.25, -0.2) is 0 Å². The predicted molar refractivity (Wildman–Crippen MR) is 70.7 cm³/mol. The first-order valence-corrected chi connectivity index (χ1v) is 6.36. The number of carbonyl (C=O) groups is 2. The molecule has 0 unspecified atom stereocenters. The van der Waals surface area contributed by atoms with Crippen molar-refractivity contribution in [1.29, 1.82) is 0 Å². The third-order valence-corrected chi connectivity index (χ3v) is 3.70. The van der Waals surface area contributed by atoms with Crippen molar-refractivity contribution in [2.45, 2.75) is 26.7 Å². The molecule has 1 aliphatic heterocycles. The molecule has 3 nitrogen and oxygen atoms in total. The minimum atomic E-state index is 0.0722. The lowest BCUT2D eigenvalue weighted by atomic mass is 9.82. The number of hydrogen-bond donors (Lipinski definition) is 0. The van der Waals surface area contributed by atoms with Crippen LogP contribution in [0.3, 0.4) is 0 Å². The third-order valence-electron chi connectivity index (χ3n) is 3.70. The van der Waals surface area contributed by atoms with Crippen molar-refractivity contribution in [3.8, 4) is 0 Å². The van der Waals surface area contributed by atoms with Gasteiger partial charge in [-0.15, -0.1) is 0 Å². The second kappa shape index (κ2) is 4.92. The van der Waals surface area contributed by atoms with E-state index in [2.05, 4.69) is 13.8 Å². The van der Waals surface area contributed by atoms with E-state index in [1.54, 1.807) is 24.3 Å². The summed E-state index contributed by atoms with van der Waals surface area (Å²) < 4.78 is 0. The molecule has 1 amide bonds. The molecule has 0 radical (unpaired) electrons. The molecule has 1 saturated heterocycles. The Hall–Kier alpha value is -1.64. The zero-order valence-corrected chi connectivity index (χ0v) is 11.0. The number of aldehydes is 1. The third kappa shape index (κ3) is 2.78. The Morgan fingerprint density at radius 3 is 2.22 bits per heavy atom.